The Kier molecular flexibility index (Phi) is 4.63. The number of carbonyl (C=O) groups excluding carboxylic acids is 1. The average molecular weight is 352 g/mol. The molecule has 7 nitrogen and oxygen atoms in total. The fraction of sp³-hybridized carbons (Fsp3) is 0.333. The Morgan fingerprint density at radius 3 is 2.96 bits per heavy atom. The van der Waals surface area contributed by atoms with Gasteiger partial charge in [0.05, 0.1) is 17.6 Å². The van der Waals surface area contributed by atoms with Gasteiger partial charge in [-0.05, 0) is 18.6 Å². The van der Waals surface area contributed by atoms with Gasteiger partial charge in [-0.3, -0.25) is 4.98 Å². The zero-order valence-corrected chi connectivity index (χ0v) is 13.6. The minimum atomic E-state index is -3.16. The molecule has 0 atom stereocenters. The van der Waals surface area contributed by atoms with Crippen LogP contribution in [0.1, 0.15) is 6.42 Å². The molecule has 2 N–H and O–H groups in total. The number of fused-ring (bicyclic) bond motifs is 1. The summed E-state index contributed by atoms with van der Waals surface area (Å²) in [6, 6.07) is 5.74. The number of pyridine rings is 1. The molecule has 2 aromatic rings. The summed E-state index contributed by atoms with van der Waals surface area (Å²) in [5, 5.41) is 5.77. The third kappa shape index (κ3) is 3.62. The molecular weight excluding hydrogens is 335 g/mol. The molecule has 24 heavy (non-hydrogen) atoms. The van der Waals surface area contributed by atoms with Crippen LogP contribution in [0.3, 0.4) is 0 Å². The smallest absolute Gasteiger partial charge is 0.319 e. The van der Waals surface area contributed by atoms with Crippen molar-refractivity contribution in [1.82, 2.24) is 14.6 Å². The van der Waals surface area contributed by atoms with E-state index in [2.05, 4.69) is 15.6 Å². The summed E-state index contributed by atoms with van der Waals surface area (Å²) in [4.78, 5) is 15.8. The second kappa shape index (κ2) is 6.70. The van der Waals surface area contributed by atoms with Crippen molar-refractivity contribution in [3.05, 3.63) is 36.3 Å². The van der Waals surface area contributed by atoms with E-state index in [9.17, 15) is 17.6 Å². The van der Waals surface area contributed by atoms with Gasteiger partial charge in [0.2, 0.25) is 10.0 Å². The molecule has 9 heteroatoms. The first-order chi connectivity index (χ1) is 11.5. The average Bonchev–Trinajstić information content (AvgIpc) is 2.86. The van der Waals surface area contributed by atoms with Crippen molar-refractivity contribution in [3.8, 4) is 0 Å². The van der Waals surface area contributed by atoms with Crippen molar-refractivity contribution < 1.29 is 17.6 Å². The maximum atomic E-state index is 13.5. The van der Waals surface area contributed by atoms with Crippen molar-refractivity contribution in [2.45, 2.75) is 6.42 Å². The molecule has 128 valence electrons. The highest BCUT2D eigenvalue weighted by molar-refractivity contribution is 7.89. The number of carbonyl (C=O) groups is 1. The van der Waals surface area contributed by atoms with Gasteiger partial charge in [-0.25, -0.2) is 21.9 Å². The van der Waals surface area contributed by atoms with Crippen molar-refractivity contribution in [3.63, 3.8) is 0 Å². The molecule has 0 radical (unpaired) electrons. The summed E-state index contributed by atoms with van der Waals surface area (Å²) < 4.78 is 38.2. The molecule has 1 aliphatic heterocycles. The van der Waals surface area contributed by atoms with Gasteiger partial charge in [-0.15, -0.1) is 0 Å². The van der Waals surface area contributed by atoms with Crippen LogP contribution in [0.2, 0.25) is 0 Å². The van der Waals surface area contributed by atoms with Gasteiger partial charge in [-0.2, -0.15) is 0 Å². The molecule has 0 unspecified atom stereocenters. The number of benzene rings is 1. The van der Waals surface area contributed by atoms with E-state index in [1.54, 1.807) is 18.2 Å². The first kappa shape index (κ1) is 16.6. The first-order valence-corrected chi connectivity index (χ1v) is 9.13. The molecule has 0 bridgehead atoms. The predicted octanol–water partition coefficient (Wildman–Crippen LogP) is 1.53. The number of amides is 2. The molecule has 0 aliphatic carbocycles. The Labute approximate surface area is 138 Å². The molecular formula is C15H17FN4O3S. The number of aromatic nitrogens is 1. The minimum absolute atomic E-state index is 0.165. The zero-order chi connectivity index (χ0) is 17.2. The molecule has 2 amide bonds. The van der Waals surface area contributed by atoms with Crippen LogP contribution in [0, 0.1) is 5.82 Å². The van der Waals surface area contributed by atoms with Gasteiger partial charge < -0.3 is 10.6 Å². The fourth-order valence-corrected chi connectivity index (χ4v) is 4.13. The summed E-state index contributed by atoms with van der Waals surface area (Å²) >= 11 is 0. The molecule has 0 saturated carbocycles. The van der Waals surface area contributed by atoms with Gasteiger partial charge in [0.25, 0.3) is 0 Å². The summed E-state index contributed by atoms with van der Waals surface area (Å²) in [7, 11) is -3.16. The van der Waals surface area contributed by atoms with Gasteiger partial charge in [0, 0.05) is 25.0 Å². The topological polar surface area (TPSA) is 91.4 Å². The van der Waals surface area contributed by atoms with Crippen molar-refractivity contribution >= 4 is 32.6 Å². The van der Waals surface area contributed by atoms with Gasteiger partial charge >= 0.3 is 6.03 Å². The normalized spacial score (nSPS) is 17.0. The number of urea groups is 1. The highest BCUT2D eigenvalue weighted by Gasteiger charge is 2.27. The molecule has 1 fully saturated rings. The van der Waals surface area contributed by atoms with Crippen LogP contribution < -0.4 is 10.6 Å². The number of halogens is 1. The largest absolute Gasteiger partial charge is 0.337 e. The summed E-state index contributed by atoms with van der Waals surface area (Å²) in [6.45, 7) is 0.948. The van der Waals surface area contributed by atoms with Crippen LogP contribution in [-0.4, -0.2) is 49.1 Å². The van der Waals surface area contributed by atoms with Gasteiger partial charge in [0.15, 0.2) is 0 Å². The van der Waals surface area contributed by atoms with Gasteiger partial charge in [0.1, 0.15) is 11.3 Å². The Hall–Kier alpha value is -2.26. The SMILES string of the molecule is O=C(NCCN1CCCS1(=O)=O)Nc1cnc2c(F)cccc2c1. The molecule has 1 aliphatic rings. The molecule has 0 spiro atoms. The number of anilines is 1. The van der Waals surface area contributed by atoms with E-state index in [1.807, 2.05) is 0 Å². The minimum Gasteiger partial charge on any atom is -0.337 e. The number of nitrogens with zero attached hydrogens (tertiary/aromatic N) is 2. The van der Waals surface area contributed by atoms with Crippen molar-refractivity contribution in [1.29, 1.82) is 0 Å². The summed E-state index contributed by atoms with van der Waals surface area (Å²) in [5.74, 6) is -0.256. The summed E-state index contributed by atoms with van der Waals surface area (Å²) in [5.41, 5.74) is 0.669. The number of rotatable bonds is 4. The molecule has 3 rings (SSSR count). The van der Waals surface area contributed by atoms with Crippen LogP contribution in [0.4, 0.5) is 14.9 Å². The first-order valence-electron chi connectivity index (χ1n) is 7.53. The summed E-state index contributed by atoms with van der Waals surface area (Å²) in [6.07, 6.45) is 1.99. The van der Waals surface area contributed by atoms with Crippen LogP contribution in [0.15, 0.2) is 30.5 Å². The molecule has 1 saturated heterocycles. The number of para-hydroxylation sites is 1. The van der Waals surface area contributed by atoms with Crippen LogP contribution >= 0.6 is 0 Å². The van der Waals surface area contributed by atoms with E-state index >= 15 is 0 Å². The lowest BCUT2D eigenvalue weighted by Gasteiger charge is -2.14. The maximum Gasteiger partial charge on any atom is 0.319 e. The highest BCUT2D eigenvalue weighted by Crippen LogP contribution is 2.18. The number of sulfonamides is 1. The van der Waals surface area contributed by atoms with Crippen molar-refractivity contribution in [2.75, 3.05) is 30.7 Å². The lowest BCUT2D eigenvalue weighted by atomic mass is 10.2. The molecule has 2 heterocycles. The van der Waals surface area contributed by atoms with E-state index in [1.165, 1.54) is 16.6 Å². The Bertz CT molecular complexity index is 872. The van der Waals surface area contributed by atoms with Crippen LogP contribution in [0.5, 0.6) is 0 Å². The lowest BCUT2D eigenvalue weighted by Crippen LogP contribution is -2.37. The Morgan fingerprint density at radius 1 is 1.38 bits per heavy atom. The second-order valence-electron chi connectivity index (χ2n) is 5.49. The van der Waals surface area contributed by atoms with Crippen molar-refractivity contribution in [2.24, 2.45) is 0 Å². The second-order valence-corrected chi connectivity index (χ2v) is 7.57. The lowest BCUT2D eigenvalue weighted by molar-refractivity contribution is 0.251. The fourth-order valence-electron chi connectivity index (χ4n) is 2.60. The number of hydrogen-bond donors (Lipinski definition) is 2. The van der Waals surface area contributed by atoms with Gasteiger partial charge in [-0.1, -0.05) is 12.1 Å². The van der Waals surface area contributed by atoms with E-state index in [0.29, 0.717) is 24.0 Å². The Balaban J connectivity index is 1.55. The maximum absolute atomic E-state index is 13.5. The molecule has 1 aromatic heterocycles. The third-order valence-corrected chi connectivity index (χ3v) is 5.73. The Morgan fingerprint density at radius 2 is 2.21 bits per heavy atom. The predicted molar refractivity (Wildman–Crippen MR) is 88.7 cm³/mol. The van der Waals surface area contributed by atoms with Crippen LogP contribution in [0.25, 0.3) is 10.9 Å². The standard InChI is InChI=1S/C15H17FN4O3S/c16-13-4-1-3-11-9-12(10-18-14(11)13)19-15(21)17-5-7-20-6-2-8-24(20,22)23/h1,3-4,9-10H,2,5-8H2,(H2,17,19,21). The van der Waals surface area contributed by atoms with E-state index < -0.39 is 21.9 Å². The number of nitrogens with one attached hydrogen (secondary N) is 2. The third-order valence-electron chi connectivity index (χ3n) is 3.77. The van der Waals surface area contributed by atoms with E-state index in [0.717, 1.165) is 0 Å². The number of hydrogen-bond acceptors (Lipinski definition) is 4. The monoisotopic (exact) mass is 352 g/mol. The zero-order valence-electron chi connectivity index (χ0n) is 12.8. The molecule has 1 aromatic carbocycles. The van der Waals surface area contributed by atoms with E-state index in [-0.39, 0.29) is 24.4 Å². The highest BCUT2D eigenvalue weighted by atomic mass is 32.2. The quantitative estimate of drug-likeness (QED) is 0.873. The van der Waals surface area contributed by atoms with Crippen LogP contribution in [-0.2, 0) is 10.0 Å². The van der Waals surface area contributed by atoms with E-state index in [4.69, 9.17) is 0 Å².